The second-order valence-electron chi connectivity index (χ2n) is 4.38. The quantitative estimate of drug-likeness (QED) is 0.834. The lowest BCUT2D eigenvalue weighted by Crippen LogP contribution is -2.53. The van der Waals surface area contributed by atoms with Crippen LogP contribution in [0.25, 0.3) is 0 Å². The molecule has 0 unspecified atom stereocenters. The fourth-order valence-corrected chi connectivity index (χ4v) is 3.52. The minimum atomic E-state index is -0.674. The first-order valence-corrected chi connectivity index (χ1v) is 7.18. The van der Waals surface area contributed by atoms with Crippen LogP contribution >= 0.6 is 39.5 Å². The van der Waals surface area contributed by atoms with Gasteiger partial charge in [0.15, 0.2) is 5.13 Å². The maximum Gasteiger partial charge on any atom is 0.239 e. The summed E-state index contributed by atoms with van der Waals surface area (Å²) in [4.78, 5) is 16.5. The number of amides is 1. The molecule has 3 N–H and O–H groups in total. The Morgan fingerprint density at radius 1 is 1.76 bits per heavy atom. The molecule has 1 saturated carbocycles. The van der Waals surface area contributed by atoms with E-state index in [4.69, 9.17) is 18.0 Å². The number of thiocarbonyl (C=S) groups is 1. The average Bonchev–Trinajstić information content (AvgIpc) is 2.58. The summed E-state index contributed by atoms with van der Waals surface area (Å²) in [7, 11) is 0. The van der Waals surface area contributed by atoms with Crippen LogP contribution < -0.4 is 11.1 Å². The third-order valence-electron chi connectivity index (χ3n) is 3.00. The highest BCUT2D eigenvalue weighted by Crippen LogP contribution is 2.46. The summed E-state index contributed by atoms with van der Waals surface area (Å²) in [5, 5.41) is 3.35. The van der Waals surface area contributed by atoms with Crippen LogP contribution in [-0.2, 0) is 4.79 Å². The molecule has 7 heteroatoms. The number of hydrogen-bond acceptors (Lipinski definition) is 4. The minimum Gasteiger partial charge on any atom is -0.392 e. The molecule has 2 rings (SSSR count). The maximum atomic E-state index is 12.2. The standard InChI is InChI=1S/C10H12BrN3OS2/c1-5-2-10(3-5,7(12)16)8(15)14-9-13-4-6(11)17-9/h4-5H,2-3H2,1H3,(H2,12,16)(H,13,14,15). The van der Waals surface area contributed by atoms with Crippen LogP contribution in [0.15, 0.2) is 9.98 Å². The number of hydrogen-bond donors (Lipinski definition) is 2. The highest BCUT2D eigenvalue weighted by Gasteiger charge is 2.51. The van der Waals surface area contributed by atoms with Gasteiger partial charge in [-0.1, -0.05) is 30.5 Å². The predicted octanol–water partition coefficient (Wildman–Crippen LogP) is 2.55. The van der Waals surface area contributed by atoms with E-state index in [1.54, 1.807) is 6.20 Å². The van der Waals surface area contributed by atoms with Gasteiger partial charge < -0.3 is 11.1 Å². The molecule has 17 heavy (non-hydrogen) atoms. The van der Waals surface area contributed by atoms with Crippen molar-refractivity contribution >= 4 is 55.5 Å². The summed E-state index contributed by atoms with van der Waals surface area (Å²) in [6.45, 7) is 2.09. The molecule has 1 aromatic rings. The molecule has 0 saturated heterocycles. The Labute approximate surface area is 117 Å². The van der Waals surface area contributed by atoms with E-state index in [9.17, 15) is 4.79 Å². The molecule has 0 aromatic carbocycles. The molecule has 0 atom stereocenters. The van der Waals surface area contributed by atoms with E-state index in [0.717, 1.165) is 16.6 Å². The molecule has 1 aromatic heterocycles. The van der Waals surface area contributed by atoms with Gasteiger partial charge in [-0.2, -0.15) is 0 Å². The number of nitrogens with one attached hydrogen (secondary N) is 1. The maximum absolute atomic E-state index is 12.2. The topological polar surface area (TPSA) is 68.0 Å². The van der Waals surface area contributed by atoms with Crippen molar-refractivity contribution in [3.8, 4) is 0 Å². The number of thiazole rings is 1. The zero-order valence-electron chi connectivity index (χ0n) is 9.20. The summed E-state index contributed by atoms with van der Waals surface area (Å²) in [5.74, 6) is 0.357. The molecule has 1 aliphatic carbocycles. The molecule has 1 aliphatic rings. The van der Waals surface area contributed by atoms with Crippen LogP contribution in [0.1, 0.15) is 19.8 Å². The number of nitrogens with two attached hydrogens (primary N) is 1. The second kappa shape index (κ2) is 4.62. The van der Waals surface area contributed by atoms with Gasteiger partial charge in [0.25, 0.3) is 0 Å². The Bertz CT molecular complexity index is 468. The number of anilines is 1. The Balaban J connectivity index is 2.11. The van der Waals surface area contributed by atoms with E-state index in [1.807, 2.05) is 0 Å². The summed E-state index contributed by atoms with van der Waals surface area (Å²) < 4.78 is 0.874. The van der Waals surface area contributed by atoms with Gasteiger partial charge in [-0.05, 0) is 34.7 Å². The molecular formula is C10H12BrN3OS2. The van der Waals surface area contributed by atoms with Crippen LogP contribution in [0, 0.1) is 11.3 Å². The van der Waals surface area contributed by atoms with E-state index in [-0.39, 0.29) is 10.9 Å². The van der Waals surface area contributed by atoms with Crippen molar-refractivity contribution in [2.75, 3.05) is 5.32 Å². The van der Waals surface area contributed by atoms with Crippen LogP contribution in [-0.4, -0.2) is 15.9 Å². The zero-order chi connectivity index (χ0) is 12.6. The predicted molar refractivity (Wildman–Crippen MR) is 76.1 cm³/mol. The summed E-state index contributed by atoms with van der Waals surface area (Å²) >= 11 is 9.69. The molecule has 1 fully saturated rings. The summed E-state index contributed by atoms with van der Waals surface area (Å²) in [6, 6.07) is 0. The Morgan fingerprint density at radius 2 is 2.41 bits per heavy atom. The largest absolute Gasteiger partial charge is 0.392 e. The number of nitrogens with zero attached hydrogens (tertiary/aromatic N) is 1. The number of carbonyl (C=O) groups excluding carboxylic acids is 1. The van der Waals surface area contributed by atoms with Crippen molar-refractivity contribution in [2.24, 2.45) is 17.1 Å². The van der Waals surface area contributed by atoms with E-state index >= 15 is 0 Å². The fourth-order valence-electron chi connectivity index (χ4n) is 2.16. The van der Waals surface area contributed by atoms with Gasteiger partial charge in [0.1, 0.15) is 0 Å². The molecule has 4 nitrogen and oxygen atoms in total. The Hall–Kier alpha value is -0.530. The number of aromatic nitrogens is 1. The highest BCUT2D eigenvalue weighted by molar-refractivity contribution is 9.11. The van der Waals surface area contributed by atoms with Gasteiger partial charge in [-0.3, -0.25) is 4.79 Å². The van der Waals surface area contributed by atoms with Crippen molar-refractivity contribution in [1.29, 1.82) is 0 Å². The van der Waals surface area contributed by atoms with Crippen LogP contribution in [0.2, 0.25) is 0 Å². The second-order valence-corrected chi connectivity index (χ2v) is 7.23. The van der Waals surface area contributed by atoms with Crippen LogP contribution in [0.5, 0.6) is 0 Å². The van der Waals surface area contributed by atoms with E-state index in [1.165, 1.54) is 11.3 Å². The van der Waals surface area contributed by atoms with E-state index in [2.05, 4.69) is 33.2 Å². The Kier molecular flexibility index (Phi) is 3.51. The van der Waals surface area contributed by atoms with Crippen LogP contribution in [0.4, 0.5) is 5.13 Å². The molecular weight excluding hydrogens is 322 g/mol. The van der Waals surface area contributed by atoms with Crippen molar-refractivity contribution in [3.05, 3.63) is 9.98 Å². The highest BCUT2D eigenvalue weighted by atomic mass is 79.9. The lowest BCUT2D eigenvalue weighted by molar-refractivity contribution is -0.127. The third-order valence-corrected chi connectivity index (χ3v) is 4.78. The van der Waals surface area contributed by atoms with Gasteiger partial charge in [-0.25, -0.2) is 4.98 Å². The molecule has 92 valence electrons. The van der Waals surface area contributed by atoms with Crippen molar-refractivity contribution in [1.82, 2.24) is 4.98 Å². The zero-order valence-corrected chi connectivity index (χ0v) is 12.4. The number of rotatable bonds is 3. The molecule has 0 aliphatic heterocycles. The molecule has 0 bridgehead atoms. The third kappa shape index (κ3) is 2.36. The summed E-state index contributed by atoms with van der Waals surface area (Å²) in [6.07, 6.45) is 3.10. The SMILES string of the molecule is CC1CC(C(=O)Nc2ncc(Br)s2)(C(N)=S)C1. The number of halogens is 1. The molecule has 1 heterocycles. The van der Waals surface area contributed by atoms with Gasteiger partial charge in [-0.15, -0.1) is 0 Å². The lowest BCUT2D eigenvalue weighted by Gasteiger charge is -2.43. The van der Waals surface area contributed by atoms with Gasteiger partial charge in [0, 0.05) is 0 Å². The van der Waals surface area contributed by atoms with E-state index < -0.39 is 5.41 Å². The normalized spacial score (nSPS) is 27.3. The lowest BCUT2D eigenvalue weighted by atomic mass is 9.62. The van der Waals surface area contributed by atoms with Crippen molar-refractivity contribution in [2.45, 2.75) is 19.8 Å². The first-order valence-electron chi connectivity index (χ1n) is 5.17. The van der Waals surface area contributed by atoms with Crippen molar-refractivity contribution in [3.63, 3.8) is 0 Å². The molecule has 1 amide bonds. The van der Waals surface area contributed by atoms with Gasteiger partial charge >= 0.3 is 0 Å². The van der Waals surface area contributed by atoms with Crippen LogP contribution in [0.3, 0.4) is 0 Å². The first-order chi connectivity index (χ1) is 7.94. The first kappa shape index (κ1) is 12.9. The fraction of sp³-hybridized carbons (Fsp3) is 0.500. The number of carbonyl (C=O) groups is 1. The summed E-state index contributed by atoms with van der Waals surface area (Å²) in [5.41, 5.74) is 5.03. The van der Waals surface area contributed by atoms with E-state index in [0.29, 0.717) is 11.0 Å². The van der Waals surface area contributed by atoms with Gasteiger partial charge in [0.2, 0.25) is 5.91 Å². The Morgan fingerprint density at radius 3 is 2.82 bits per heavy atom. The molecule has 0 radical (unpaired) electrons. The molecule has 0 spiro atoms. The minimum absolute atomic E-state index is 0.134. The van der Waals surface area contributed by atoms with Crippen molar-refractivity contribution < 1.29 is 4.79 Å². The monoisotopic (exact) mass is 333 g/mol. The smallest absolute Gasteiger partial charge is 0.239 e. The van der Waals surface area contributed by atoms with Gasteiger partial charge in [0.05, 0.1) is 20.4 Å². The average molecular weight is 334 g/mol.